The third kappa shape index (κ3) is 1.93. The molecule has 0 aliphatic carbocycles. The molecule has 1 spiro atoms. The molecule has 0 radical (unpaired) electrons. The maximum atomic E-state index is 12.4. The number of rotatable bonds is 1. The highest BCUT2D eigenvalue weighted by Crippen LogP contribution is 2.36. The number of aromatic nitrogens is 1. The van der Waals surface area contributed by atoms with Gasteiger partial charge in [-0.15, -0.1) is 0 Å². The molecule has 0 saturated carbocycles. The molecule has 1 unspecified atom stereocenters. The summed E-state index contributed by atoms with van der Waals surface area (Å²) in [6, 6.07) is 1.75. The summed E-state index contributed by atoms with van der Waals surface area (Å²) in [5, 5.41) is 4.03. The van der Waals surface area contributed by atoms with E-state index in [9.17, 15) is 4.79 Å². The van der Waals surface area contributed by atoms with Gasteiger partial charge in [0, 0.05) is 38.3 Å². The van der Waals surface area contributed by atoms with E-state index in [1.165, 1.54) is 6.42 Å². The van der Waals surface area contributed by atoms with Gasteiger partial charge in [-0.05, 0) is 25.5 Å². The molecule has 1 amide bonds. The average Bonchev–Trinajstić information content (AvgIpc) is 3.02. The number of aryl methyl sites for hydroxylation is 1. The van der Waals surface area contributed by atoms with Gasteiger partial charge in [0.2, 0.25) is 0 Å². The van der Waals surface area contributed by atoms with Crippen LogP contribution in [0, 0.1) is 5.41 Å². The number of halogens is 1. The molecule has 2 aliphatic rings. The number of hydrogen-bond acceptors (Lipinski definition) is 2. The van der Waals surface area contributed by atoms with Gasteiger partial charge in [-0.25, -0.2) is 0 Å². The highest BCUT2D eigenvalue weighted by Gasteiger charge is 2.42. The minimum atomic E-state index is 0.105. The Morgan fingerprint density at radius 3 is 2.94 bits per heavy atom. The summed E-state index contributed by atoms with van der Waals surface area (Å²) in [6.07, 6.45) is 4.08. The molecule has 0 bridgehead atoms. The Labute approximate surface area is 112 Å². The third-order valence-corrected chi connectivity index (χ3v) is 4.46. The topological polar surface area (TPSA) is 37.3 Å². The van der Waals surface area contributed by atoms with Crippen LogP contribution in [0.15, 0.2) is 12.3 Å². The predicted octanol–water partition coefficient (Wildman–Crippen LogP) is 1.50. The van der Waals surface area contributed by atoms with Gasteiger partial charge in [-0.3, -0.25) is 4.79 Å². The first kappa shape index (κ1) is 12.1. The second-order valence-corrected chi connectivity index (χ2v) is 5.99. The van der Waals surface area contributed by atoms with Gasteiger partial charge in [-0.2, -0.15) is 0 Å². The number of hydrogen-bond donors (Lipinski definition) is 1. The SMILES string of the molecule is Cn1cc(Cl)cc1C(=O)N1CCC2(CCNC2)C1. The fraction of sp³-hybridized carbons (Fsp3) is 0.615. The Morgan fingerprint density at radius 2 is 2.33 bits per heavy atom. The Balaban J connectivity index is 1.76. The van der Waals surface area contributed by atoms with E-state index in [0.29, 0.717) is 16.1 Å². The van der Waals surface area contributed by atoms with E-state index in [1.807, 2.05) is 16.5 Å². The molecular formula is C13H18ClN3O. The molecule has 3 rings (SSSR count). The van der Waals surface area contributed by atoms with Crippen LogP contribution in [0.4, 0.5) is 0 Å². The molecule has 0 aromatic carbocycles. The van der Waals surface area contributed by atoms with Crippen LogP contribution in [0.3, 0.4) is 0 Å². The maximum Gasteiger partial charge on any atom is 0.270 e. The van der Waals surface area contributed by atoms with Crippen molar-refractivity contribution in [3.05, 3.63) is 23.0 Å². The molecule has 4 nitrogen and oxygen atoms in total. The highest BCUT2D eigenvalue weighted by atomic mass is 35.5. The molecule has 5 heteroatoms. The van der Waals surface area contributed by atoms with Gasteiger partial charge in [0.05, 0.1) is 5.02 Å². The number of carbonyl (C=O) groups excluding carboxylic acids is 1. The van der Waals surface area contributed by atoms with Crippen molar-refractivity contribution in [3.63, 3.8) is 0 Å². The van der Waals surface area contributed by atoms with Crippen molar-refractivity contribution in [2.75, 3.05) is 26.2 Å². The Kier molecular flexibility index (Phi) is 2.87. The number of amides is 1. The summed E-state index contributed by atoms with van der Waals surface area (Å²) in [4.78, 5) is 14.4. The summed E-state index contributed by atoms with van der Waals surface area (Å²) < 4.78 is 1.81. The van der Waals surface area contributed by atoms with Crippen LogP contribution in [-0.4, -0.2) is 41.6 Å². The summed E-state index contributed by atoms with van der Waals surface area (Å²) in [5.41, 5.74) is 1.01. The molecule has 18 heavy (non-hydrogen) atoms. The summed E-state index contributed by atoms with van der Waals surface area (Å²) >= 11 is 5.94. The quantitative estimate of drug-likeness (QED) is 0.837. The smallest absolute Gasteiger partial charge is 0.270 e. The van der Waals surface area contributed by atoms with Crippen molar-refractivity contribution in [1.29, 1.82) is 0 Å². The van der Waals surface area contributed by atoms with E-state index in [2.05, 4.69) is 5.32 Å². The van der Waals surface area contributed by atoms with Crippen LogP contribution < -0.4 is 5.32 Å². The van der Waals surface area contributed by atoms with Crippen LogP contribution in [-0.2, 0) is 7.05 Å². The number of nitrogens with zero attached hydrogens (tertiary/aromatic N) is 2. The molecular weight excluding hydrogens is 250 g/mol. The molecule has 2 fully saturated rings. The standard InChI is InChI=1S/C13H18ClN3O/c1-16-7-10(14)6-11(16)12(18)17-5-3-13(9-17)2-4-15-8-13/h6-7,15H,2-5,8-9H2,1H3. The van der Waals surface area contributed by atoms with Crippen molar-refractivity contribution in [2.45, 2.75) is 12.8 Å². The second-order valence-electron chi connectivity index (χ2n) is 5.56. The molecule has 1 N–H and O–H groups in total. The minimum Gasteiger partial charge on any atom is -0.345 e. The number of carbonyl (C=O) groups is 1. The second kappa shape index (κ2) is 4.28. The van der Waals surface area contributed by atoms with E-state index >= 15 is 0 Å². The molecule has 2 aliphatic heterocycles. The van der Waals surface area contributed by atoms with E-state index < -0.39 is 0 Å². The fourth-order valence-corrected chi connectivity index (χ4v) is 3.40. The Bertz CT molecular complexity index is 477. The fourth-order valence-electron chi connectivity index (χ4n) is 3.15. The van der Waals surface area contributed by atoms with Crippen molar-refractivity contribution in [1.82, 2.24) is 14.8 Å². The zero-order valence-electron chi connectivity index (χ0n) is 10.6. The van der Waals surface area contributed by atoms with Crippen molar-refractivity contribution >= 4 is 17.5 Å². The van der Waals surface area contributed by atoms with E-state index in [-0.39, 0.29) is 5.91 Å². The Morgan fingerprint density at radius 1 is 1.50 bits per heavy atom. The lowest BCUT2D eigenvalue weighted by Crippen LogP contribution is -2.34. The van der Waals surface area contributed by atoms with Gasteiger partial charge >= 0.3 is 0 Å². The molecule has 1 aromatic heterocycles. The average molecular weight is 268 g/mol. The van der Waals surface area contributed by atoms with Gasteiger partial charge in [0.15, 0.2) is 0 Å². The first-order valence-corrected chi connectivity index (χ1v) is 6.79. The van der Waals surface area contributed by atoms with Gasteiger partial charge < -0.3 is 14.8 Å². The molecule has 3 heterocycles. The first-order valence-electron chi connectivity index (χ1n) is 6.42. The molecule has 1 atom stereocenters. The van der Waals surface area contributed by atoms with Crippen LogP contribution in [0.5, 0.6) is 0 Å². The summed E-state index contributed by atoms with van der Waals surface area (Å²) in [7, 11) is 1.86. The van der Waals surface area contributed by atoms with E-state index in [4.69, 9.17) is 11.6 Å². The highest BCUT2D eigenvalue weighted by molar-refractivity contribution is 6.31. The summed E-state index contributed by atoms with van der Waals surface area (Å²) in [5.74, 6) is 0.105. The van der Waals surface area contributed by atoms with Crippen molar-refractivity contribution < 1.29 is 4.79 Å². The molecule has 1 aromatic rings. The largest absolute Gasteiger partial charge is 0.345 e. The third-order valence-electron chi connectivity index (χ3n) is 4.25. The lowest BCUT2D eigenvalue weighted by atomic mass is 9.87. The predicted molar refractivity (Wildman–Crippen MR) is 70.9 cm³/mol. The van der Waals surface area contributed by atoms with Crippen molar-refractivity contribution in [3.8, 4) is 0 Å². The van der Waals surface area contributed by atoms with E-state index in [1.54, 1.807) is 12.3 Å². The van der Waals surface area contributed by atoms with Gasteiger partial charge in [0.25, 0.3) is 5.91 Å². The zero-order chi connectivity index (χ0) is 12.8. The van der Waals surface area contributed by atoms with Crippen molar-refractivity contribution in [2.24, 2.45) is 12.5 Å². The van der Waals surface area contributed by atoms with Gasteiger partial charge in [0.1, 0.15) is 5.69 Å². The van der Waals surface area contributed by atoms with Crippen LogP contribution in [0.25, 0.3) is 0 Å². The monoisotopic (exact) mass is 267 g/mol. The van der Waals surface area contributed by atoms with Crippen LogP contribution in [0.2, 0.25) is 5.02 Å². The normalized spacial score (nSPS) is 27.3. The summed E-state index contributed by atoms with van der Waals surface area (Å²) in [6.45, 7) is 3.87. The molecule has 98 valence electrons. The van der Waals surface area contributed by atoms with Crippen LogP contribution in [0.1, 0.15) is 23.3 Å². The van der Waals surface area contributed by atoms with E-state index in [0.717, 1.165) is 32.6 Å². The first-order chi connectivity index (χ1) is 8.60. The zero-order valence-corrected chi connectivity index (χ0v) is 11.3. The maximum absolute atomic E-state index is 12.4. The van der Waals surface area contributed by atoms with Gasteiger partial charge in [-0.1, -0.05) is 11.6 Å². The minimum absolute atomic E-state index is 0.105. The molecule has 2 saturated heterocycles. The van der Waals surface area contributed by atoms with Crippen LogP contribution >= 0.6 is 11.6 Å². The lowest BCUT2D eigenvalue weighted by Gasteiger charge is -2.22. The lowest BCUT2D eigenvalue weighted by molar-refractivity contribution is 0.0766. The number of likely N-dealkylation sites (tertiary alicyclic amines) is 1. The Hall–Kier alpha value is -1.00. The number of nitrogens with one attached hydrogen (secondary N) is 1.